The third-order valence-electron chi connectivity index (χ3n) is 5.45. The molecule has 3 heterocycles. The topological polar surface area (TPSA) is 56.8 Å². The Balaban J connectivity index is 1.36. The van der Waals surface area contributed by atoms with Crippen LogP contribution in [0.4, 0.5) is 11.5 Å². The lowest BCUT2D eigenvalue weighted by Gasteiger charge is -2.36. The third kappa shape index (κ3) is 3.90. The molecule has 2 saturated heterocycles. The van der Waals surface area contributed by atoms with E-state index in [1.54, 1.807) is 11.1 Å². The summed E-state index contributed by atoms with van der Waals surface area (Å²) in [5.41, 5.74) is 2.03. The molecule has 28 heavy (non-hydrogen) atoms. The van der Waals surface area contributed by atoms with E-state index in [0.29, 0.717) is 26.1 Å². The first-order chi connectivity index (χ1) is 13.5. The highest BCUT2D eigenvalue weighted by molar-refractivity contribution is 9.10. The average Bonchev–Trinajstić information content (AvgIpc) is 3.10. The molecule has 0 bridgehead atoms. The van der Waals surface area contributed by atoms with Crippen LogP contribution in [0, 0.1) is 12.8 Å². The summed E-state index contributed by atoms with van der Waals surface area (Å²) in [6.45, 7) is 5.31. The van der Waals surface area contributed by atoms with Gasteiger partial charge in [-0.05, 0) is 47.1 Å². The molecule has 0 N–H and O–H groups in total. The fourth-order valence-corrected chi connectivity index (χ4v) is 4.05. The molecule has 4 rings (SSSR count). The van der Waals surface area contributed by atoms with Crippen molar-refractivity contribution in [2.24, 2.45) is 5.92 Å². The Morgan fingerprint density at radius 2 is 1.79 bits per heavy atom. The molecular formula is C21H23BrN4O2. The van der Waals surface area contributed by atoms with Gasteiger partial charge in [-0.3, -0.25) is 9.59 Å². The predicted molar refractivity (Wildman–Crippen MR) is 112 cm³/mol. The van der Waals surface area contributed by atoms with Crippen molar-refractivity contribution in [3.8, 4) is 0 Å². The summed E-state index contributed by atoms with van der Waals surface area (Å²) in [6.07, 6.45) is 2.08. The van der Waals surface area contributed by atoms with Crippen LogP contribution in [0.1, 0.15) is 12.0 Å². The number of nitrogens with zero attached hydrogens (tertiary/aromatic N) is 4. The summed E-state index contributed by atoms with van der Waals surface area (Å²) in [7, 11) is 0. The van der Waals surface area contributed by atoms with Gasteiger partial charge in [-0.2, -0.15) is 0 Å². The minimum atomic E-state index is -0.258. The van der Waals surface area contributed by atoms with Gasteiger partial charge in [-0.1, -0.05) is 17.7 Å². The first-order valence-corrected chi connectivity index (χ1v) is 10.3. The average molecular weight is 443 g/mol. The van der Waals surface area contributed by atoms with E-state index in [1.165, 1.54) is 0 Å². The largest absolute Gasteiger partial charge is 0.353 e. The molecule has 1 aromatic heterocycles. The van der Waals surface area contributed by atoms with Crippen molar-refractivity contribution in [1.29, 1.82) is 0 Å². The quantitative estimate of drug-likeness (QED) is 0.732. The van der Waals surface area contributed by atoms with Gasteiger partial charge in [-0.15, -0.1) is 0 Å². The minimum Gasteiger partial charge on any atom is -0.353 e. The number of hydrogen-bond acceptors (Lipinski definition) is 4. The van der Waals surface area contributed by atoms with Crippen LogP contribution in [0.3, 0.4) is 0 Å². The van der Waals surface area contributed by atoms with Gasteiger partial charge in [0.2, 0.25) is 11.8 Å². The molecule has 2 amide bonds. The monoisotopic (exact) mass is 442 g/mol. The van der Waals surface area contributed by atoms with E-state index < -0.39 is 0 Å². The maximum absolute atomic E-state index is 13.0. The molecule has 0 saturated carbocycles. The van der Waals surface area contributed by atoms with Crippen LogP contribution in [0.15, 0.2) is 47.1 Å². The Hall–Kier alpha value is -2.41. The summed E-state index contributed by atoms with van der Waals surface area (Å²) < 4.78 is 0.953. The van der Waals surface area contributed by atoms with Gasteiger partial charge in [0.1, 0.15) is 5.82 Å². The van der Waals surface area contributed by atoms with Crippen LogP contribution in [-0.2, 0) is 9.59 Å². The van der Waals surface area contributed by atoms with Crippen molar-refractivity contribution in [1.82, 2.24) is 9.88 Å². The standard InChI is InChI=1S/C21H23BrN4O2/c1-15-2-5-18(6-3-15)26-14-16(12-20(26)27)21(28)25-10-8-24(9-11-25)19-7-4-17(22)13-23-19/h2-7,13,16H,8-12,14H2,1H3. The van der Waals surface area contributed by atoms with Gasteiger partial charge in [0, 0.05) is 55.5 Å². The van der Waals surface area contributed by atoms with Gasteiger partial charge in [0.15, 0.2) is 0 Å². The second-order valence-corrected chi connectivity index (χ2v) is 8.30. The Morgan fingerprint density at radius 1 is 1.07 bits per heavy atom. The first-order valence-electron chi connectivity index (χ1n) is 9.53. The molecule has 2 aromatic rings. The number of carbonyl (C=O) groups is 2. The van der Waals surface area contributed by atoms with Crippen molar-refractivity contribution in [3.63, 3.8) is 0 Å². The van der Waals surface area contributed by atoms with Crippen molar-refractivity contribution >= 4 is 39.2 Å². The molecule has 0 radical (unpaired) electrons. The first kappa shape index (κ1) is 18.9. The molecule has 2 fully saturated rings. The predicted octanol–water partition coefficient (Wildman–Crippen LogP) is 2.85. The number of aryl methyl sites for hydroxylation is 1. The second-order valence-electron chi connectivity index (χ2n) is 7.39. The molecular weight excluding hydrogens is 420 g/mol. The van der Waals surface area contributed by atoms with Gasteiger partial charge < -0.3 is 14.7 Å². The molecule has 146 valence electrons. The van der Waals surface area contributed by atoms with Gasteiger partial charge in [0.05, 0.1) is 5.92 Å². The van der Waals surface area contributed by atoms with Crippen LogP contribution >= 0.6 is 15.9 Å². The van der Waals surface area contributed by atoms with E-state index in [0.717, 1.165) is 34.6 Å². The maximum atomic E-state index is 13.0. The number of anilines is 2. The zero-order valence-electron chi connectivity index (χ0n) is 15.8. The molecule has 2 aliphatic rings. The Bertz CT molecular complexity index is 861. The van der Waals surface area contributed by atoms with E-state index in [2.05, 4.69) is 25.8 Å². The van der Waals surface area contributed by atoms with Crippen molar-refractivity contribution in [3.05, 3.63) is 52.6 Å². The number of amides is 2. The van der Waals surface area contributed by atoms with Crippen LogP contribution in [-0.4, -0.2) is 54.4 Å². The fourth-order valence-electron chi connectivity index (χ4n) is 3.82. The van der Waals surface area contributed by atoms with E-state index in [4.69, 9.17) is 0 Å². The number of rotatable bonds is 3. The molecule has 1 unspecified atom stereocenters. The normalized spacial score (nSPS) is 20.0. The molecule has 0 aliphatic carbocycles. The van der Waals surface area contributed by atoms with Crippen LogP contribution in [0.5, 0.6) is 0 Å². The smallest absolute Gasteiger partial charge is 0.228 e. The number of carbonyl (C=O) groups excluding carboxylic acids is 2. The number of pyridine rings is 1. The molecule has 0 spiro atoms. The summed E-state index contributed by atoms with van der Waals surface area (Å²) in [5.74, 6) is 0.786. The second kappa shape index (κ2) is 7.91. The lowest BCUT2D eigenvalue weighted by atomic mass is 10.1. The van der Waals surface area contributed by atoms with Crippen molar-refractivity contribution in [2.75, 3.05) is 42.5 Å². The fraction of sp³-hybridized carbons (Fsp3) is 0.381. The lowest BCUT2D eigenvalue weighted by molar-refractivity contribution is -0.136. The number of aromatic nitrogens is 1. The third-order valence-corrected chi connectivity index (χ3v) is 5.92. The highest BCUT2D eigenvalue weighted by Gasteiger charge is 2.38. The number of piperazine rings is 1. The molecule has 1 atom stereocenters. The molecule has 7 heteroatoms. The van der Waals surface area contributed by atoms with Crippen LogP contribution in [0.25, 0.3) is 0 Å². The summed E-state index contributed by atoms with van der Waals surface area (Å²) >= 11 is 3.40. The minimum absolute atomic E-state index is 0.0277. The Kier molecular flexibility index (Phi) is 5.35. The molecule has 2 aliphatic heterocycles. The number of benzene rings is 1. The lowest BCUT2D eigenvalue weighted by Crippen LogP contribution is -2.51. The highest BCUT2D eigenvalue weighted by Crippen LogP contribution is 2.27. The maximum Gasteiger partial charge on any atom is 0.228 e. The SMILES string of the molecule is Cc1ccc(N2CC(C(=O)N3CCN(c4ccc(Br)cn4)CC3)CC2=O)cc1. The Morgan fingerprint density at radius 3 is 2.43 bits per heavy atom. The van der Waals surface area contributed by atoms with E-state index in [-0.39, 0.29) is 17.7 Å². The van der Waals surface area contributed by atoms with Crippen molar-refractivity contribution < 1.29 is 9.59 Å². The zero-order valence-corrected chi connectivity index (χ0v) is 17.4. The summed E-state index contributed by atoms with van der Waals surface area (Å²) in [5, 5.41) is 0. The Labute approximate surface area is 173 Å². The number of halogens is 1. The molecule has 6 nitrogen and oxygen atoms in total. The van der Waals surface area contributed by atoms with E-state index in [1.807, 2.05) is 48.2 Å². The van der Waals surface area contributed by atoms with Crippen LogP contribution in [0.2, 0.25) is 0 Å². The van der Waals surface area contributed by atoms with Gasteiger partial charge >= 0.3 is 0 Å². The van der Waals surface area contributed by atoms with E-state index in [9.17, 15) is 9.59 Å². The highest BCUT2D eigenvalue weighted by atomic mass is 79.9. The summed E-state index contributed by atoms with van der Waals surface area (Å²) in [4.78, 5) is 35.7. The zero-order chi connectivity index (χ0) is 19.7. The number of hydrogen-bond donors (Lipinski definition) is 0. The summed E-state index contributed by atoms with van der Waals surface area (Å²) in [6, 6.07) is 11.8. The molecule has 1 aromatic carbocycles. The van der Waals surface area contributed by atoms with Gasteiger partial charge in [0.25, 0.3) is 0 Å². The van der Waals surface area contributed by atoms with Crippen LogP contribution < -0.4 is 9.80 Å². The van der Waals surface area contributed by atoms with E-state index >= 15 is 0 Å². The van der Waals surface area contributed by atoms with Gasteiger partial charge in [-0.25, -0.2) is 4.98 Å². The van der Waals surface area contributed by atoms with Crippen molar-refractivity contribution in [2.45, 2.75) is 13.3 Å².